The van der Waals surface area contributed by atoms with Crippen LogP contribution in [0, 0.1) is 19.7 Å². The Morgan fingerprint density at radius 3 is 2.67 bits per heavy atom. The number of hydrogen-bond acceptors (Lipinski definition) is 2. The van der Waals surface area contributed by atoms with Crippen molar-refractivity contribution in [3.63, 3.8) is 0 Å². The molecule has 1 fully saturated rings. The first-order chi connectivity index (χ1) is 11.5. The number of likely N-dealkylation sites (N-methyl/N-ethyl adjacent to an activating group) is 1. The van der Waals surface area contributed by atoms with E-state index in [2.05, 4.69) is 5.32 Å². The lowest BCUT2D eigenvalue weighted by atomic mass is 10.1. The largest absolute Gasteiger partial charge is 0.334 e. The maximum Gasteiger partial charge on any atom is 0.255 e. The van der Waals surface area contributed by atoms with Crippen molar-refractivity contribution in [3.05, 3.63) is 53.1 Å². The molecule has 1 unspecified atom stereocenters. The zero-order valence-electron chi connectivity index (χ0n) is 14.5. The number of rotatable bonds is 4. The first-order valence-corrected chi connectivity index (χ1v) is 8.43. The summed E-state index contributed by atoms with van der Waals surface area (Å²) in [6, 6.07) is 8.57. The van der Waals surface area contributed by atoms with E-state index < -0.39 is 0 Å². The highest BCUT2D eigenvalue weighted by Gasteiger charge is 2.30. The molecule has 3 rings (SSSR count). The van der Waals surface area contributed by atoms with Gasteiger partial charge < -0.3 is 14.8 Å². The van der Waals surface area contributed by atoms with Gasteiger partial charge in [0.1, 0.15) is 5.82 Å². The highest BCUT2D eigenvalue weighted by molar-refractivity contribution is 5.96. The van der Waals surface area contributed by atoms with E-state index in [4.69, 9.17) is 0 Å². The molecule has 1 atom stereocenters. The van der Waals surface area contributed by atoms with Gasteiger partial charge in [-0.2, -0.15) is 0 Å². The van der Waals surface area contributed by atoms with E-state index in [0.29, 0.717) is 0 Å². The highest BCUT2D eigenvalue weighted by atomic mass is 19.1. The average molecular weight is 329 g/mol. The fourth-order valence-corrected chi connectivity index (χ4v) is 3.67. The summed E-state index contributed by atoms with van der Waals surface area (Å²) in [6.45, 7) is 5.56. The predicted molar refractivity (Wildman–Crippen MR) is 93.2 cm³/mol. The molecule has 2 aromatic rings. The first-order valence-electron chi connectivity index (χ1n) is 8.43. The molecule has 1 amide bonds. The van der Waals surface area contributed by atoms with E-state index in [1.54, 1.807) is 12.1 Å². The van der Waals surface area contributed by atoms with Crippen molar-refractivity contribution in [3.8, 4) is 5.69 Å². The molecule has 0 spiro atoms. The number of carbonyl (C=O) groups is 1. The van der Waals surface area contributed by atoms with Gasteiger partial charge in [0.05, 0.1) is 5.56 Å². The van der Waals surface area contributed by atoms with Crippen molar-refractivity contribution in [2.24, 2.45) is 0 Å². The smallest absolute Gasteiger partial charge is 0.255 e. The summed E-state index contributed by atoms with van der Waals surface area (Å²) in [6.07, 6.45) is 2.10. The third-order valence-electron chi connectivity index (χ3n) is 4.82. The van der Waals surface area contributed by atoms with Crippen LogP contribution < -0.4 is 5.32 Å². The Kier molecular flexibility index (Phi) is 4.71. The SMILES string of the molecule is CNCC1CCCN1C(=O)c1cc(C)n(-c2ccc(F)cc2)c1C. The monoisotopic (exact) mass is 329 g/mol. The summed E-state index contributed by atoms with van der Waals surface area (Å²) in [5.41, 5.74) is 3.49. The van der Waals surface area contributed by atoms with E-state index in [-0.39, 0.29) is 17.8 Å². The topological polar surface area (TPSA) is 37.3 Å². The number of likely N-dealkylation sites (tertiary alicyclic amines) is 1. The number of benzene rings is 1. The third-order valence-corrected chi connectivity index (χ3v) is 4.82. The van der Waals surface area contributed by atoms with E-state index >= 15 is 0 Å². The minimum absolute atomic E-state index is 0.0919. The fraction of sp³-hybridized carbons (Fsp3) is 0.421. The normalized spacial score (nSPS) is 17.5. The standard InChI is InChI=1S/C19H24FN3O/c1-13-11-18(19(24)22-10-4-5-17(22)12-21-3)14(2)23(13)16-8-6-15(20)7-9-16/h6-9,11,17,21H,4-5,10,12H2,1-3H3. The molecule has 5 heteroatoms. The van der Waals surface area contributed by atoms with Gasteiger partial charge in [0.15, 0.2) is 0 Å². The van der Waals surface area contributed by atoms with Crippen LogP contribution in [0.1, 0.15) is 34.6 Å². The zero-order chi connectivity index (χ0) is 17.3. The summed E-state index contributed by atoms with van der Waals surface area (Å²) in [4.78, 5) is 15.0. The van der Waals surface area contributed by atoms with Crippen molar-refractivity contribution in [1.29, 1.82) is 0 Å². The average Bonchev–Trinajstić information content (AvgIpc) is 3.13. The summed E-state index contributed by atoms with van der Waals surface area (Å²) >= 11 is 0. The molecule has 0 aliphatic carbocycles. The first kappa shape index (κ1) is 16.7. The molecule has 24 heavy (non-hydrogen) atoms. The molecule has 0 radical (unpaired) electrons. The summed E-state index contributed by atoms with van der Waals surface area (Å²) in [7, 11) is 1.92. The van der Waals surface area contributed by atoms with E-state index in [1.165, 1.54) is 12.1 Å². The molecule has 4 nitrogen and oxygen atoms in total. The Bertz CT molecular complexity index is 736. The second-order valence-corrected chi connectivity index (χ2v) is 6.45. The molecule has 0 bridgehead atoms. The Morgan fingerprint density at radius 1 is 1.29 bits per heavy atom. The number of hydrogen-bond donors (Lipinski definition) is 1. The van der Waals surface area contributed by atoms with E-state index in [0.717, 1.165) is 48.6 Å². The highest BCUT2D eigenvalue weighted by Crippen LogP contribution is 2.25. The molecule has 0 saturated carbocycles. The molecule has 1 aromatic heterocycles. The van der Waals surface area contributed by atoms with E-state index in [1.807, 2.05) is 36.4 Å². The van der Waals surface area contributed by atoms with Gasteiger partial charge in [-0.15, -0.1) is 0 Å². The van der Waals surface area contributed by atoms with Crippen LogP contribution in [0.2, 0.25) is 0 Å². The Morgan fingerprint density at radius 2 is 2.00 bits per heavy atom. The Hall–Kier alpha value is -2.14. The number of amides is 1. The van der Waals surface area contributed by atoms with Gasteiger partial charge in [0.2, 0.25) is 0 Å². The Balaban J connectivity index is 1.94. The molecule has 1 aliphatic heterocycles. The quantitative estimate of drug-likeness (QED) is 0.936. The maximum absolute atomic E-state index is 13.2. The maximum atomic E-state index is 13.2. The number of aromatic nitrogens is 1. The zero-order valence-corrected chi connectivity index (χ0v) is 14.5. The summed E-state index contributed by atoms with van der Waals surface area (Å²) < 4.78 is 15.2. The van der Waals surface area contributed by atoms with Crippen molar-refractivity contribution in [1.82, 2.24) is 14.8 Å². The minimum atomic E-state index is -0.260. The van der Waals surface area contributed by atoms with Crippen LogP contribution in [0.3, 0.4) is 0 Å². The predicted octanol–water partition coefficient (Wildman–Crippen LogP) is 3.06. The molecule has 1 aliphatic rings. The lowest BCUT2D eigenvalue weighted by Crippen LogP contribution is -2.41. The Labute approximate surface area is 142 Å². The molecule has 1 N–H and O–H groups in total. The van der Waals surface area contributed by atoms with Crippen LogP contribution >= 0.6 is 0 Å². The van der Waals surface area contributed by atoms with Crippen molar-refractivity contribution in [2.75, 3.05) is 20.1 Å². The second-order valence-electron chi connectivity index (χ2n) is 6.45. The van der Waals surface area contributed by atoms with Crippen molar-refractivity contribution in [2.45, 2.75) is 32.7 Å². The van der Waals surface area contributed by atoms with Crippen LogP contribution in [0.4, 0.5) is 4.39 Å². The molecular formula is C19H24FN3O. The minimum Gasteiger partial charge on any atom is -0.334 e. The van der Waals surface area contributed by atoms with Gasteiger partial charge in [0.25, 0.3) is 5.91 Å². The second kappa shape index (κ2) is 6.77. The number of aryl methyl sites for hydroxylation is 1. The molecule has 2 heterocycles. The van der Waals surface area contributed by atoms with Gasteiger partial charge in [-0.25, -0.2) is 4.39 Å². The lowest BCUT2D eigenvalue weighted by Gasteiger charge is -2.24. The molecular weight excluding hydrogens is 305 g/mol. The number of nitrogens with one attached hydrogen (secondary N) is 1. The van der Waals surface area contributed by atoms with Gasteiger partial charge in [-0.3, -0.25) is 4.79 Å². The fourth-order valence-electron chi connectivity index (χ4n) is 3.67. The third kappa shape index (κ3) is 2.96. The van der Waals surface area contributed by atoms with Gasteiger partial charge in [-0.05, 0) is 64.1 Å². The van der Waals surface area contributed by atoms with Crippen LogP contribution in [0.15, 0.2) is 30.3 Å². The molecule has 128 valence electrons. The molecule has 1 saturated heterocycles. The van der Waals surface area contributed by atoms with E-state index in [9.17, 15) is 9.18 Å². The lowest BCUT2D eigenvalue weighted by molar-refractivity contribution is 0.0736. The van der Waals surface area contributed by atoms with Gasteiger partial charge >= 0.3 is 0 Å². The van der Waals surface area contributed by atoms with Crippen LogP contribution in [0.5, 0.6) is 0 Å². The van der Waals surface area contributed by atoms with Crippen molar-refractivity contribution < 1.29 is 9.18 Å². The van der Waals surface area contributed by atoms with Crippen LogP contribution in [-0.2, 0) is 0 Å². The molecule has 1 aromatic carbocycles. The number of carbonyl (C=O) groups excluding carboxylic acids is 1. The van der Waals surface area contributed by atoms with Crippen LogP contribution in [0.25, 0.3) is 5.69 Å². The summed E-state index contributed by atoms with van der Waals surface area (Å²) in [5.74, 6) is -0.168. The van der Waals surface area contributed by atoms with Crippen molar-refractivity contribution >= 4 is 5.91 Å². The summed E-state index contributed by atoms with van der Waals surface area (Å²) in [5, 5.41) is 3.17. The number of halogens is 1. The van der Waals surface area contributed by atoms with Crippen LogP contribution in [-0.4, -0.2) is 41.6 Å². The van der Waals surface area contributed by atoms with Gasteiger partial charge in [-0.1, -0.05) is 0 Å². The van der Waals surface area contributed by atoms with Gasteiger partial charge in [0, 0.05) is 36.2 Å². The number of nitrogens with zero attached hydrogens (tertiary/aromatic N) is 2.